The van der Waals surface area contributed by atoms with Crippen molar-refractivity contribution in [3.8, 4) is 0 Å². The first-order chi connectivity index (χ1) is 9.00. The largest absolute Gasteiger partial charge is 0.326 e. The minimum Gasteiger partial charge on any atom is -0.326 e. The molecule has 0 amide bonds. The Morgan fingerprint density at radius 2 is 1.95 bits per heavy atom. The molecule has 0 N–H and O–H groups in total. The molecule has 0 saturated heterocycles. The van der Waals surface area contributed by atoms with E-state index in [0.717, 1.165) is 34.9 Å². The number of rotatable bonds is 4. The van der Waals surface area contributed by atoms with Crippen molar-refractivity contribution in [1.82, 2.24) is 4.90 Å². The lowest BCUT2D eigenvalue weighted by Gasteiger charge is -2.42. The van der Waals surface area contributed by atoms with Crippen LogP contribution < -0.4 is 0 Å². The molecule has 1 nitrogen and oxygen atoms in total. The average Bonchev–Trinajstić information content (AvgIpc) is 2.41. The second-order valence-electron chi connectivity index (χ2n) is 5.36. The Hall–Kier alpha value is -1.06. The zero-order valence-electron chi connectivity index (χ0n) is 11.5. The number of thiocarbonyl (C=S) groups is 2. The van der Waals surface area contributed by atoms with Crippen LogP contribution in [0.2, 0.25) is 0 Å². The summed E-state index contributed by atoms with van der Waals surface area (Å²) in [5, 5.41) is 0. The van der Waals surface area contributed by atoms with E-state index >= 15 is 0 Å². The second kappa shape index (κ2) is 5.51. The monoisotopic (exact) mass is 289 g/mol. The number of hydrogen-bond donors (Lipinski definition) is 0. The third kappa shape index (κ3) is 2.49. The lowest BCUT2D eigenvalue weighted by molar-refractivity contribution is 0.528. The molecular weight excluding hydrogens is 270 g/mol. The zero-order valence-corrected chi connectivity index (χ0v) is 13.1. The summed E-state index contributed by atoms with van der Waals surface area (Å²) in [4.78, 5) is 3.92. The van der Waals surface area contributed by atoms with Crippen molar-refractivity contribution in [1.29, 1.82) is 0 Å². The summed E-state index contributed by atoms with van der Waals surface area (Å²) in [7, 11) is 0. The van der Waals surface area contributed by atoms with Crippen molar-refractivity contribution < 1.29 is 0 Å². The predicted molar refractivity (Wildman–Crippen MR) is 89.9 cm³/mol. The summed E-state index contributed by atoms with van der Waals surface area (Å²) in [5.74, 6) is 0. The van der Waals surface area contributed by atoms with Gasteiger partial charge in [0.1, 0.15) is 4.99 Å². The molecule has 1 heterocycles. The lowest BCUT2D eigenvalue weighted by Crippen LogP contribution is -2.50. The molecule has 1 aliphatic heterocycles. The van der Waals surface area contributed by atoms with Gasteiger partial charge in [0.15, 0.2) is 0 Å². The molecule has 0 aliphatic carbocycles. The standard InChI is InChI=1S/C16H19NS2/c1-4-5-8-11-17-14(18)12-9-6-7-10-13(12)16(2,3)15(17)19/h4,6-7,9-10H,1,5,8,11H2,2-3H3. The van der Waals surface area contributed by atoms with E-state index < -0.39 is 0 Å². The third-order valence-electron chi connectivity index (χ3n) is 3.65. The average molecular weight is 289 g/mol. The van der Waals surface area contributed by atoms with Crippen LogP contribution in [0.25, 0.3) is 0 Å². The minimum absolute atomic E-state index is 0.136. The summed E-state index contributed by atoms with van der Waals surface area (Å²) in [6.45, 7) is 8.99. The van der Waals surface area contributed by atoms with Crippen molar-refractivity contribution in [3.05, 3.63) is 48.0 Å². The summed E-state index contributed by atoms with van der Waals surface area (Å²) in [5.41, 5.74) is 2.25. The molecule has 0 aromatic heterocycles. The van der Waals surface area contributed by atoms with Crippen molar-refractivity contribution in [2.45, 2.75) is 32.1 Å². The normalized spacial score (nSPS) is 17.3. The first kappa shape index (κ1) is 14.4. The van der Waals surface area contributed by atoms with Gasteiger partial charge < -0.3 is 4.90 Å². The minimum atomic E-state index is -0.136. The van der Waals surface area contributed by atoms with Gasteiger partial charge in [0.2, 0.25) is 0 Å². The summed E-state index contributed by atoms with van der Waals surface area (Å²) < 4.78 is 0. The van der Waals surface area contributed by atoms with Crippen molar-refractivity contribution in [2.24, 2.45) is 0 Å². The van der Waals surface area contributed by atoms with Crippen LogP contribution in [0.4, 0.5) is 0 Å². The van der Waals surface area contributed by atoms with E-state index in [-0.39, 0.29) is 5.41 Å². The van der Waals surface area contributed by atoms with E-state index in [9.17, 15) is 0 Å². The fourth-order valence-corrected chi connectivity index (χ4v) is 3.21. The van der Waals surface area contributed by atoms with Gasteiger partial charge in [-0.15, -0.1) is 6.58 Å². The first-order valence-electron chi connectivity index (χ1n) is 6.57. The van der Waals surface area contributed by atoms with Gasteiger partial charge in [0.05, 0.1) is 4.99 Å². The maximum Gasteiger partial charge on any atom is 0.114 e. The Balaban J connectivity index is 2.38. The van der Waals surface area contributed by atoms with Gasteiger partial charge in [-0.3, -0.25) is 0 Å². The molecule has 1 aromatic carbocycles. The number of benzene rings is 1. The van der Waals surface area contributed by atoms with Crippen LogP contribution in [0.3, 0.4) is 0 Å². The zero-order chi connectivity index (χ0) is 14.0. The summed E-state index contributed by atoms with van der Waals surface area (Å²) >= 11 is 11.3. The molecule has 0 fully saturated rings. The van der Waals surface area contributed by atoms with Crippen molar-refractivity contribution >= 4 is 34.4 Å². The molecule has 0 radical (unpaired) electrons. The quantitative estimate of drug-likeness (QED) is 0.463. The molecule has 0 bridgehead atoms. The Bertz CT molecular complexity index is 531. The molecule has 1 aromatic rings. The predicted octanol–water partition coefficient (Wildman–Crippen LogP) is 4.25. The maximum absolute atomic E-state index is 5.68. The number of fused-ring (bicyclic) bond motifs is 1. The van der Waals surface area contributed by atoms with Crippen LogP contribution in [0, 0.1) is 0 Å². The second-order valence-corrected chi connectivity index (χ2v) is 6.14. The highest BCUT2D eigenvalue weighted by atomic mass is 32.1. The maximum atomic E-state index is 5.68. The highest BCUT2D eigenvalue weighted by molar-refractivity contribution is 7.82. The third-order valence-corrected chi connectivity index (χ3v) is 4.82. The first-order valence-corrected chi connectivity index (χ1v) is 7.38. The Labute approximate surface area is 126 Å². The molecule has 2 rings (SSSR count). The van der Waals surface area contributed by atoms with Crippen LogP contribution in [-0.2, 0) is 5.41 Å². The van der Waals surface area contributed by atoms with Gasteiger partial charge in [-0.25, -0.2) is 0 Å². The fourth-order valence-electron chi connectivity index (χ4n) is 2.50. The molecule has 0 unspecified atom stereocenters. The molecule has 1 aliphatic rings. The van der Waals surface area contributed by atoms with E-state index in [1.165, 1.54) is 5.56 Å². The highest BCUT2D eigenvalue weighted by Crippen LogP contribution is 2.35. The van der Waals surface area contributed by atoms with Crippen LogP contribution in [0.15, 0.2) is 36.9 Å². The van der Waals surface area contributed by atoms with Gasteiger partial charge in [0, 0.05) is 17.5 Å². The Kier molecular flexibility index (Phi) is 4.16. The SMILES string of the molecule is C=CCCCN1C(=S)c2ccccc2C(C)(C)C1=S. The lowest BCUT2D eigenvalue weighted by atomic mass is 9.78. The summed E-state index contributed by atoms with van der Waals surface area (Å²) in [6.07, 6.45) is 3.96. The van der Waals surface area contributed by atoms with E-state index in [0.29, 0.717) is 0 Å². The van der Waals surface area contributed by atoms with Gasteiger partial charge in [-0.2, -0.15) is 0 Å². The molecule has 100 valence electrons. The Morgan fingerprint density at radius 1 is 1.26 bits per heavy atom. The van der Waals surface area contributed by atoms with Gasteiger partial charge in [-0.05, 0) is 32.3 Å². The van der Waals surface area contributed by atoms with E-state index in [2.05, 4.69) is 43.5 Å². The van der Waals surface area contributed by atoms with Crippen LogP contribution >= 0.6 is 24.4 Å². The van der Waals surface area contributed by atoms with Crippen molar-refractivity contribution in [2.75, 3.05) is 6.54 Å². The molecule has 0 spiro atoms. The topological polar surface area (TPSA) is 3.24 Å². The number of unbranched alkanes of at least 4 members (excludes halogenated alkanes) is 1. The summed E-state index contributed by atoms with van der Waals surface area (Å²) in [6, 6.07) is 8.33. The number of allylic oxidation sites excluding steroid dienone is 1. The fraction of sp³-hybridized carbons (Fsp3) is 0.375. The Morgan fingerprint density at radius 3 is 2.63 bits per heavy atom. The van der Waals surface area contributed by atoms with Gasteiger partial charge in [-0.1, -0.05) is 54.8 Å². The smallest absolute Gasteiger partial charge is 0.114 e. The molecule has 3 heteroatoms. The molecular formula is C16H19NS2. The molecule has 0 atom stereocenters. The number of nitrogens with zero attached hydrogens (tertiary/aromatic N) is 1. The molecule has 0 saturated carbocycles. The van der Waals surface area contributed by atoms with Crippen molar-refractivity contribution in [3.63, 3.8) is 0 Å². The van der Waals surface area contributed by atoms with E-state index in [1.807, 2.05) is 12.1 Å². The highest BCUT2D eigenvalue weighted by Gasteiger charge is 2.38. The van der Waals surface area contributed by atoms with Crippen LogP contribution in [0.1, 0.15) is 37.8 Å². The van der Waals surface area contributed by atoms with Crippen LogP contribution in [0.5, 0.6) is 0 Å². The van der Waals surface area contributed by atoms with Gasteiger partial charge >= 0.3 is 0 Å². The molecule has 19 heavy (non-hydrogen) atoms. The number of hydrogen-bond acceptors (Lipinski definition) is 2. The van der Waals surface area contributed by atoms with Crippen LogP contribution in [-0.4, -0.2) is 21.4 Å². The van der Waals surface area contributed by atoms with E-state index in [4.69, 9.17) is 24.4 Å². The van der Waals surface area contributed by atoms with E-state index in [1.54, 1.807) is 0 Å². The van der Waals surface area contributed by atoms with Gasteiger partial charge in [0.25, 0.3) is 0 Å².